The number of hydrogen-bond donors (Lipinski definition) is 1. The first-order chi connectivity index (χ1) is 28.0. The molecule has 4 aromatic heterocycles. The molecule has 8 rings (SSSR count). The van der Waals surface area contributed by atoms with E-state index in [-0.39, 0.29) is 4.21 Å². The summed E-state index contributed by atoms with van der Waals surface area (Å²) in [6, 6.07) is 15.0. The number of aryl methyl sites for hydroxylation is 2. The fraction of sp³-hybridized carbons (Fsp3) is 0.289. The number of allylic oxidation sites excluding steroid dienone is 2. The van der Waals surface area contributed by atoms with E-state index in [1.807, 2.05) is 28.8 Å². The number of rotatable bonds is 13. The van der Waals surface area contributed by atoms with Crippen molar-refractivity contribution in [3.8, 4) is 32.5 Å². The average Bonchev–Trinajstić information content (AvgIpc) is 3.92. The molecule has 0 spiro atoms. The molecule has 2 aliphatic rings. The highest BCUT2D eigenvalue weighted by molar-refractivity contribution is 7.88. The predicted molar refractivity (Wildman–Crippen MR) is 246 cm³/mol. The monoisotopic (exact) mass is 909 g/mol. The fourth-order valence-corrected chi connectivity index (χ4v) is 12.2. The highest BCUT2D eigenvalue weighted by Gasteiger charge is 2.28. The second kappa shape index (κ2) is 17.9. The number of benzene rings is 2. The van der Waals surface area contributed by atoms with Crippen LogP contribution in [0.2, 0.25) is 20.1 Å². The maximum absolute atomic E-state index is 12.1. The second-order valence-electron chi connectivity index (χ2n) is 15.0. The Hall–Kier alpha value is -3.09. The standard InChI is InChI=1S/C45H43Cl4N3O3S3/c1-50(21-6-2-4-10-31-27-51(39-18-16-33(46)25-37(39)48)42-35(31)14-8-12-29-20-23-56-44(29)42)22-7-3-5-11-32-28-52(40-19-17-34(47)26-38(40)49)43-36(32)15-9-13-30-24-41(57-45(30)43)58(53,54)55/h4-5,10-11,16-20,23-28H,2-3,6-9,12-15,21-22H2,1H3,(H,53,54,55)/b10-4+,11-5+. The van der Waals surface area contributed by atoms with Crippen LogP contribution in [0.1, 0.15) is 71.9 Å². The summed E-state index contributed by atoms with van der Waals surface area (Å²) < 4.78 is 38.4. The molecule has 0 saturated carbocycles. The number of hydrogen-bond acceptors (Lipinski definition) is 5. The van der Waals surface area contributed by atoms with Crippen LogP contribution in [-0.2, 0) is 35.8 Å². The van der Waals surface area contributed by atoms with Gasteiger partial charge in [-0.15, -0.1) is 22.7 Å². The van der Waals surface area contributed by atoms with Crippen molar-refractivity contribution in [1.82, 2.24) is 14.0 Å². The summed E-state index contributed by atoms with van der Waals surface area (Å²) in [6.45, 7) is 2.00. The van der Waals surface area contributed by atoms with Gasteiger partial charge in [0.15, 0.2) is 0 Å². The number of unbranched alkanes of at least 4 members (excludes halogenated alkanes) is 2. The Morgan fingerprint density at radius 1 is 0.724 bits per heavy atom. The maximum Gasteiger partial charge on any atom is 0.304 e. The zero-order chi connectivity index (χ0) is 40.6. The summed E-state index contributed by atoms with van der Waals surface area (Å²) in [5.41, 5.74) is 11.1. The molecule has 0 amide bonds. The lowest BCUT2D eigenvalue weighted by atomic mass is 10.1. The smallest absolute Gasteiger partial charge is 0.304 e. The maximum atomic E-state index is 12.1. The molecule has 0 bridgehead atoms. The minimum Gasteiger partial charge on any atom is -0.313 e. The van der Waals surface area contributed by atoms with Crippen molar-refractivity contribution in [2.75, 3.05) is 20.1 Å². The van der Waals surface area contributed by atoms with Gasteiger partial charge in [0.2, 0.25) is 0 Å². The summed E-state index contributed by atoms with van der Waals surface area (Å²) in [6.07, 6.45) is 23.0. The molecule has 6 aromatic rings. The minimum atomic E-state index is -4.33. The van der Waals surface area contributed by atoms with Crippen molar-refractivity contribution in [3.05, 3.63) is 132 Å². The van der Waals surface area contributed by atoms with Gasteiger partial charge in [-0.3, -0.25) is 4.55 Å². The van der Waals surface area contributed by atoms with Crippen molar-refractivity contribution in [2.45, 2.75) is 68.4 Å². The van der Waals surface area contributed by atoms with Crippen LogP contribution in [0.15, 0.2) is 82.7 Å². The van der Waals surface area contributed by atoms with Crippen molar-refractivity contribution >= 4 is 91.3 Å². The quantitative estimate of drug-likeness (QED) is 0.0926. The Bertz CT molecular complexity index is 2650. The van der Waals surface area contributed by atoms with Gasteiger partial charge in [0.25, 0.3) is 0 Å². The third-order valence-electron chi connectivity index (χ3n) is 11.0. The van der Waals surface area contributed by atoms with E-state index < -0.39 is 10.1 Å². The SMILES string of the molecule is CN(CCC/C=C/c1cn(-c2ccc(Cl)cc2Cl)c2c1CCCc1ccsc1-2)CCC/C=C/c1cn(-c2ccc(Cl)cc2Cl)c2c1CCCc1cc(S(=O)(=O)O)sc1-2. The Labute approximate surface area is 368 Å². The molecule has 58 heavy (non-hydrogen) atoms. The van der Waals surface area contributed by atoms with E-state index in [1.54, 1.807) is 29.5 Å². The minimum absolute atomic E-state index is 0.0420. The van der Waals surface area contributed by atoms with Gasteiger partial charge in [0.05, 0.1) is 42.6 Å². The Morgan fingerprint density at radius 2 is 1.26 bits per heavy atom. The summed E-state index contributed by atoms with van der Waals surface area (Å²) in [4.78, 5) is 4.58. The van der Waals surface area contributed by atoms with Gasteiger partial charge < -0.3 is 14.0 Å². The molecule has 0 saturated heterocycles. The van der Waals surface area contributed by atoms with E-state index in [9.17, 15) is 13.0 Å². The van der Waals surface area contributed by atoms with E-state index in [2.05, 4.69) is 64.7 Å². The largest absolute Gasteiger partial charge is 0.313 e. The highest BCUT2D eigenvalue weighted by atomic mass is 35.5. The molecule has 0 atom stereocenters. The first-order valence-corrected chi connectivity index (χ1v) is 24.2. The molecule has 2 aromatic carbocycles. The number of nitrogens with zero attached hydrogens (tertiary/aromatic N) is 3. The van der Waals surface area contributed by atoms with Crippen molar-refractivity contribution in [3.63, 3.8) is 0 Å². The van der Waals surface area contributed by atoms with Crippen molar-refractivity contribution < 1.29 is 13.0 Å². The van der Waals surface area contributed by atoms with Crippen LogP contribution in [0.4, 0.5) is 0 Å². The topological polar surface area (TPSA) is 67.5 Å². The van der Waals surface area contributed by atoms with Gasteiger partial charge in [0.1, 0.15) is 4.21 Å². The molecule has 0 radical (unpaired) electrons. The first-order valence-electron chi connectivity index (χ1n) is 19.5. The van der Waals surface area contributed by atoms with Crippen LogP contribution < -0.4 is 0 Å². The lowest BCUT2D eigenvalue weighted by Gasteiger charge is -2.15. The van der Waals surface area contributed by atoms with E-state index in [0.717, 1.165) is 127 Å². The van der Waals surface area contributed by atoms with Gasteiger partial charge in [-0.25, -0.2) is 0 Å². The lowest BCUT2D eigenvalue weighted by molar-refractivity contribution is 0.327. The zero-order valence-corrected chi connectivity index (χ0v) is 37.5. The molecule has 302 valence electrons. The molecule has 0 aliphatic heterocycles. The number of fused-ring (bicyclic) bond motifs is 6. The number of halogens is 4. The van der Waals surface area contributed by atoms with Gasteiger partial charge in [-0.05, 0) is 172 Å². The van der Waals surface area contributed by atoms with Crippen LogP contribution in [0.25, 0.3) is 44.7 Å². The van der Waals surface area contributed by atoms with E-state index in [1.165, 1.54) is 27.3 Å². The predicted octanol–water partition coefficient (Wildman–Crippen LogP) is 13.8. The lowest BCUT2D eigenvalue weighted by Crippen LogP contribution is -2.20. The third-order valence-corrected chi connectivity index (χ3v) is 15.5. The highest BCUT2D eigenvalue weighted by Crippen LogP contribution is 2.45. The summed E-state index contributed by atoms with van der Waals surface area (Å²) in [5, 5.41) is 4.51. The van der Waals surface area contributed by atoms with Crippen molar-refractivity contribution in [1.29, 1.82) is 0 Å². The molecule has 0 unspecified atom stereocenters. The molecule has 4 heterocycles. The molecule has 1 N–H and O–H groups in total. The average molecular weight is 912 g/mol. The normalized spacial score (nSPS) is 14.2. The zero-order valence-electron chi connectivity index (χ0n) is 32.0. The third kappa shape index (κ3) is 8.85. The summed E-state index contributed by atoms with van der Waals surface area (Å²) in [7, 11) is -2.14. The molecular weight excluding hydrogens is 869 g/mol. The van der Waals surface area contributed by atoms with Crippen LogP contribution in [0, 0.1) is 0 Å². The fourth-order valence-electron chi connectivity index (χ4n) is 8.22. The van der Waals surface area contributed by atoms with Gasteiger partial charge >= 0.3 is 10.1 Å². The summed E-state index contributed by atoms with van der Waals surface area (Å²) in [5.74, 6) is 0. The van der Waals surface area contributed by atoms with Crippen molar-refractivity contribution in [2.24, 2.45) is 0 Å². The Kier molecular flexibility index (Phi) is 12.8. The first kappa shape index (κ1) is 41.6. The summed E-state index contributed by atoms with van der Waals surface area (Å²) >= 11 is 28.9. The van der Waals surface area contributed by atoms with Crippen LogP contribution in [-0.4, -0.2) is 47.1 Å². The van der Waals surface area contributed by atoms with Gasteiger partial charge in [0, 0.05) is 22.4 Å². The molecule has 0 fully saturated rings. The number of thiophene rings is 2. The molecule has 6 nitrogen and oxygen atoms in total. The molecule has 13 heteroatoms. The van der Waals surface area contributed by atoms with Crippen LogP contribution >= 0.6 is 69.1 Å². The Balaban J connectivity index is 0.906. The van der Waals surface area contributed by atoms with E-state index >= 15 is 0 Å². The van der Waals surface area contributed by atoms with Crippen LogP contribution in [0.3, 0.4) is 0 Å². The molecular formula is C45H43Cl4N3O3S3. The van der Waals surface area contributed by atoms with Gasteiger partial charge in [-0.2, -0.15) is 8.42 Å². The molecule has 2 aliphatic carbocycles. The van der Waals surface area contributed by atoms with E-state index in [4.69, 9.17) is 46.4 Å². The van der Waals surface area contributed by atoms with E-state index in [0.29, 0.717) is 20.1 Å². The van der Waals surface area contributed by atoms with Gasteiger partial charge in [-0.1, -0.05) is 70.7 Å². The number of aromatic nitrogens is 2. The second-order valence-corrected chi connectivity index (χ2v) is 20.3. The Morgan fingerprint density at radius 3 is 1.79 bits per heavy atom. The van der Waals surface area contributed by atoms with Crippen LogP contribution in [0.5, 0.6) is 0 Å².